The number of piperidine rings is 2. The molecule has 2 aliphatic rings. The van der Waals surface area contributed by atoms with Crippen LogP contribution in [0.2, 0.25) is 0 Å². The van der Waals surface area contributed by atoms with E-state index >= 15 is 0 Å². The van der Waals surface area contributed by atoms with Gasteiger partial charge >= 0.3 is 0 Å². The predicted octanol–water partition coefficient (Wildman–Crippen LogP) is 2.58. The van der Waals surface area contributed by atoms with Crippen molar-refractivity contribution in [1.82, 2.24) is 13.9 Å². The third-order valence-corrected chi connectivity index (χ3v) is 10.3. The second-order valence-corrected chi connectivity index (χ2v) is 12.7. The summed E-state index contributed by atoms with van der Waals surface area (Å²) in [5, 5.41) is 2.88. The van der Waals surface area contributed by atoms with Crippen LogP contribution in [0.5, 0.6) is 0 Å². The van der Waals surface area contributed by atoms with Gasteiger partial charge in [-0.2, -0.15) is 8.61 Å². The molecule has 0 radical (unpaired) electrons. The smallest absolute Gasteiger partial charge is 0.243 e. The molecule has 1 atom stereocenters. The number of benzene rings is 2. The van der Waals surface area contributed by atoms with Crippen molar-refractivity contribution < 1.29 is 21.6 Å². The first-order valence-electron chi connectivity index (χ1n) is 11.7. The van der Waals surface area contributed by atoms with Gasteiger partial charge in [0.1, 0.15) is 0 Å². The molecule has 184 valence electrons. The summed E-state index contributed by atoms with van der Waals surface area (Å²) in [5.74, 6) is -0.621. The van der Waals surface area contributed by atoms with Gasteiger partial charge in [-0.1, -0.05) is 36.8 Å². The first-order valence-corrected chi connectivity index (χ1v) is 14.6. The minimum atomic E-state index is -3.63. The Balaban J connectivity index is 1.34. The van der Waals surface area contributed by atoms with Crippen LogP contribution < -0.4 is 5.32 Å². The van der Waals surface area contributed by atoms with Crippen LogP contribution in [-0.2, 0) is 31.4 Å². The molecule has 2 fully saturated rings. The van der Waals surface area contributed by atoms with Gasteiger partial charge in [0.25, 0.3) is 0 Å². The Morgan fingerprint density at radius 3 is 2.03 bits per heavy atom. The molecule has 0 bridgehead atoms. The Labute approximate surface area is 202 Å². The highest BCUT2D eigenvalue weighted by molar-refractivity contribution is 7.89. The third-order valence-electron chi connectivity index (χ3n) is 6.48. The van der Waals surface area contributed by atoms with E-state index in [2.05, 4.69) is 5.32 Å². The van der Waals surface area contributed by atoms with E-state index in [-0.39, 0.29) is 28.8 Å². The van der Waals surface area contributed by atoms with Gasteiger partial charge in [0.15, 0.2) is 0 Å². The fraction of sp³-hybridized carbons (Fsp3) is 0.458. The summed E-state index contributed by atoms with van der Waals surface area (Å²) in [6.07, 6.45) is 4.07. The quantitative estimate of drug-likeness (QED) is 0.623. The molecular weight excluding hydrogens is 474 g/mol. The van der Waals surface area contributed by atoms with E-state index in [1.807, 2.05) is 0 Å². The number of hydrogen-bond acceptors (Lipinski definition) is 5. The van der Waals surface area contributed by atoms with Crippen LogP contribution in [0.25, 0.3) is 0 Å². The summed E-state index contributed by atoms with van der Waals surface area (Å²) in [4.78, 5) is 13.3. The molecule has 8 nitrogen and oxygen atoms in total. The summed E-state index contributed by atoms with van der Waals surface area (Å²) in [6, 6.07) is 14.9. The summed E-state index contributed by atoms with van der Waals surface area (Å²) in [6.45, 7) is 1.91. The number of rotatable bonds is 7. The van der Waals surface area contributed by atoms with Crippen molar-refractivity contribution in [3.63, 3.8) is 0 Å². The number of carbonyl (C=O) groups is 1. The second kappa shape index (κ2) is 10.6. The van der Waals surface area contributed by atoms with Gasteiger partial charge in [0.2, 0.25) is 26.0 Å². The molecule has 2 aliphatic heterocycles. The molecular formula is C24H31N3O5S2. The lowest BCUT2D eigenvalue weighted by atomic mass is 9.99. The average molecular weight is 506 g/mol. The lowest BCUT2D eigenvalue weighted by molar-refractivity contribution is -0.126. The number of carbonyl (C=O) groups excluding carboxylic acids is 1. The van der Waals surface area contributed by atoms with Gasteiger partial charge in [-0.3, -0.25) is 4.79 Å². The highest BCUT2D eigenvalue weighted by Gasteiger charge is 2.33. The maximum Gasteiger partial charge on any atom is 0.243 e. The van der Waals surface area contributed by atoms with Gasteiger partial charge in [0.05, 0.1) is 15.7 Å². The van der Waals surface area contributed by atoms with Crippen LogP contribution in [-0.4, -0.2) is 57.5 Å². The van der Waals surface area contributed by atoms with E-state index in [0.717, 1.165) is 24.8 Å². The predicted molar refractivity (Wildman–Crippen MR) is 129 cm³/mol. The number of hydrogen-bond donors (Lipinski definition) is 1. The van der Waals surface area contributed by atoms with Gasteiger partial charge < -0.3 is 5.32 Å². The van der Waals surface area contributed by atoms with Crippen LogP contribution >= 0.6 is 0 Å². The summed E-state index contributed by atoms with van der Waals surface area (Å²) >= 11 is 0. The van der Waals surface area contributed by atoms with Gasteiger partial charge in [0, 0.05) is 32.7 Å². The van der Waals surface area contributed by atoms with Crippen LogP contribution in [0.15, 0.2) is 64.4 Å². The Morgan fingerprint density at radius 2 is 1.35 bits per heavy atom. The molecule has 0 aromatic heterocycles. The SMILES string of the molecule is O=C(NCc1ccc(S(=O)(=O)N2CCCCC2)cc1)[C@H]1CCCN(S(=O)(=O)c2ccccc2)C1. The second-order valence-electron chi connectivity index (χ2n) is 8.84. The summed E-state index contributed by atoms with van der Waals surface area (Å²) in [7, 11) is -7.12. The Bertz CT molecular complexity index is 1190. The minimum absolute atomic E-state index is 0.149. The number of sulfonamides is 2. The molecule has 0 saturated carbocycles. The fourth-order valence-corrected chi connectivity index (χ4v) is 7.55. The first-order chi connectivity index (χ1) is 16.3. The third kappa shape index (κ3) is 5.51. The van der Waals surface area contributed by atoms with Crippen LogP contribution in [0, 0.1) is 5.92 Å². The van der Waals surface area contributed by atoms with E-state index in [1.165, 1.54) is 8.61 Å². The van der Waals surface area contributed by atoms with E-state index < -0.39 is 26.0 Å². The standard InChI is InChI=1S/C24H31N3O5S2/c28-24(21-8-7-17-27(19-21)34(31,32)22-9-3-1-4-10-22)25-18-20-11-13-23(14-12-20)33(29,30)26-15-5-2-6-16-26/h1,3-4,9-14,21H,2,5-8,15-19H2,(H,25,28)/t21-/m0/s1. The molecule has 10 heteroatoms. The van der Waals surface area contributed by atoms with E-state index in [9.17, 15) is 21.6 Å². The lowest BCUT2D eigenvalue weighted by Crippen LogP contribution is -2.45. The maximum absolute atomic E-state index is 12.9. The summed E-state index contributed by atoms with van der Waals surface area (Å²) < 4.78 is 54.3. The van der Waals surface area contributed by atoms with Gasteiger partial charge in [-0.15, -0.1) is 0 Å². The molecule has 0 spiro atoms. The monoisotopic (exact) mass is 505 g/mol. The van der Waals surface area contributed by atoms with Crippen molar-refractivity contribution in [3.05, 3.63) is 60.2 Å². The molecule has 0 unspecified atom stereocenters. The van der Waals surface area contributed by atoms with Crippen LogP contribution in [0.4, 0.5) is 0 Å². The molecule has 4 rings (SSSR count). The normalized spacial score (nSPS) is 20.6. The van der Waals surface area contributed by atoms with Crippen molar-refractivity contribution in [2.24, 2.45) is 5.92 Å². The molecule has 34 heavy (non-hydrogen) atoms. The van der Waals surface area contributed by atoms with Crippen LogP contribution in [0.1, 0.15) is 37.7 Å². The highest BCUT2D eigenvalue weighted by Crippen LogP contribution is 2.24. The Kier molecular flexibility index (Phi) is 7.71. The number of amides is 1. The first kappa shape index (κ1) is 24.8. The molecule has 2 heterocycles. The van der Waals surface area contributed by atoms with E-state index in [1.54, 1.807) is 54.6 Å². The average Bonchev–Trinajstić information content (AvgIpc) is 2.88. The molecule has 0 aliphatic carbocycles. The summed E-state index contributed by atoms with van der Waals surface area (Å²) in [5.41, 5.74) is 0.788. The molecule has 2 aromatic rings. The van der Waals surface area contributed by atoms with Crippen molar-refractivity contribution in [2.45, 2.75) is 48.4 Å². The zero-order valence-electron chi connectivity index (χ0n) is 19.1. The lowest BCUT2D eigenvalue weighted by Gasteiger charge is -2.31. The maximum atomic E-state index is 12.9. The van der Waals surface area contributed by atoms with Crippen molar-refractivity contribution >= 4 is 26.0 Å². The highest BCUT2D eigenvalue weighted by atomic mass is 32.2. The zero-order valence-corrected chi connectivity index (χ0v) is 20.7. The van der Waals surface area contributed by atoms with Crippen molar-refractivity contribution in [1.29, 1.82) is 0 Å². The van der Waals surface area contributed by atoms with Crippen molar-refractivity contribution in [2.75, 3.05) is 26.2 Å². The van der Waals surface area contributed by atoms with E-state index in [4.69, 9.17) is 0 Å². The molecule has 2 aromatic carbocycles. The largest absolute Gasteiger partial charge is 0.352 e. The Morgan fingerprint density at radius 1 is 0.765 bits per heavy atom. The van der Waals surface area contributed by atoms with Gasteiger partial charge in [-0.05, 0) is 55.5 Å². The van der Waals surface area contributed by atoms with E-state index in [0.29, 0.717) is 32.5 Å². The molecule has 1 amide bonds. The fourth-order valence-electron chi connectivity index (χ4n) is 4.48. The topological polar surface area (TPSA) is 104 Å². The minimum Gasteiger partial charge on any atom is -0.352 e. The van der Waals surface area contributed by atoms with Crippen LogP contribution in [0.3, 0.4) is 0 Å². The van der Waals surface area contributed by atoms with Crippen molar-refractivity contribution in [3.8, 4) is 0 Å². The van der Waals surface area contributed by atoms with Gasteiger partial charge in [-0.25, -0.2) is 16.8 Å². The number of nitrogens with zero attached hydrogens (tertiary/aromatic N) is 2. The number of nitrogens with one attached hydrogen (secondary N) is 1. The Hall–Kier alpha value is -2.27. The molecule has 1 N–H and O–H groups in total. The zero-order chi connectivity index (χ0) is 24.2. The molecule has 2 saturated heterocycles.